The van der Waals surface area contributed by atoms with Crippen molar-refractivity contribution in [2.75, 3.05) is 10.8 Å². The number of nitrogens with zero attached hydrogens (tertiary/aromatic N) is 1. The number of halogens is 8. The first-order chi connectivity index (χ1) is 19.9. The van der Waals surface area contributed by atoms with Crippen LogP contribution in [0.2, 0.25) is 0 Å². The molecule has 3 aromatic carbocycles. The van der Waals surface area contributed by atoms with Crippen LogP contribution < -0.4 is 9.04 Å². The number of anilines is 1. The van der Waals surface area contributed by atoms with Gasteiger partial charge in [-0.3, -0.25) is 9.10 Å². The first-order valence-corrected chi connectivity index (χ1v) is 13.8. The first-order valence-electron chi connectivity index (χ1n) is 12.4. The molecule has 43 heavy (non-hydrogen) atoms. The second kappa shape index (κ2) is 11.5. The van der Waals surface area contributed by atoms with Gasteiger partial charge in [-0.15, -0.1) is 0 Å². The SMILES string of the molecule is C/C(=C\c1ccc2c(c1)N(S(=O)(=O)c1ccc(F)c(C(F)(F)F)c1)C[C@H](CCC(=O)O)O2)c1c(F)cccc1C(F)(F)F. The Morgan fingerprint density at radius 3 is 2.28 bits per heavy atom. The van der Waals surface area contributed by atoms with Crippen LogP contribution >= 0.6 is 0 Å². The summed E-state index contributed by atoms with van der Waals surface area (Å²) >= 11 is 0. The van der Waals surface area contributed by atoms with Crippen molar-refractivity contribution < 1.29 is 58.2 Å². The second-order valence-corrected chi connectivity index (χ2v) is 11.4. The fraction of sp³-hybridized carbons (Fsp3) is 0.250. The minimum Gasteiger partial charge on any atom is -0.486 e. The number of ether oxygens (including phenoxy) is 1. The van der Waals surface area contributed by atoms with Gasteiger partial charge in [-0.25, -0.2) is 17.2 Å². The third-order valence-electron chi connectivity index (χ3n) is 6.52. The van der Waals surface area contributed by atoms with E-state index in [1.54, 1.807) is 0 Å². The third-order valence-corrected chi connectivity index (χ3v) is 8.30. The molecule has 1 aliphatic heterocycles. The van der Waals surface area contributed by atoms with Gasteiger partial charge in [0, 0.05) is 12.0 Å². The van der Waals surface area contributed by atoms with Gasteiger partial charge in [0.05, 0.1) is 28.3 Å². The number of carbonyl (C=O) groups is 1. The summed E-state index contributed by atoms with van der Waals surface area (Å²) in [4.78, 5) is 10.2. The molecular formula is C28H21F8NO5S. The van der Waals surface area contributed by atoms with Crippen LogP contribution in [0.1, 0.15) is 42.0 Å². The van der Waals surface area contributed by atoms with E-state index in [2.05, 4.69) is 0 Å². The number of allylic oxidation sites excluding steroid dienone is 1. The van der Waals surface area contributed by atoms with E-state index in [9.17, 15) is 48.3 Å². The molecule has 0 saturated heterocycles. The number of hydrogen-bond acceptors (Lipinski definition) is 4. The molecule has 4 rings (SSSR count). The van der Waals surface area contributed by atoms with Crippen molar-refractivity contribution in [3.05, 3.63) is 88.5 Å². The number of rotatable bonds is 7. The molecule has 6 nitrogen and oxygen atoms in total. The highest BCUT2D eigenvalue weighted by Crippen LogP contribution is 2.41. The number of alkyl halides is 6. The summed E-state index contributed by atoms with van der Waals surface area (Å²) in [6.07, 6.45) is -10.7. The van der Waals surface area contributed by atoms with Crippen molar-refractivity contribution in [3.8, 4) is 5.75 Å². The van der Waals surface area contributed by atoms with Crippen LogP contribution in [0.15, 0.2) is 59.5 Å². The Bertz CT molecular complexity index is 1700. The number of hydrogen-bond donors (Lipinski definition) is 1. The average Bonchev–Trinajstić information content (AvgIpc) is 2.90. The number of benzene rings is 3. The Balaban J connectivity index is 1.84. The van der Waals surface area contributed by atoms with Gasteiger partial charge < -0.3 is 9.84 Å². The summed E-state index contributed by atoms with van der Waals surface area (Å²) in [6.45, 7) is 0.649. The normalized spacial score (nSPS) is 16.1. The fourth-order valence-corrected chi connectivity index (χ4v) is 6.10. The third kappa shape index (κ3) is 6.76. The van der Waals surface area contributed by atoms with Crippen LogP contribution in [-0.4, -0.2) is 32.1 Å². The van der Waals surface area contributed by atoms with Crippen molar-refractivity contribution in [1.82, 2.24) is 0 Å². The lowest BCUT2D eigenvalue weighted by Gasteiger charge is -2.35. The molecule has 1 aliphatic rings. The maximum absolute atomic E-state index is 14.5. The maximum Gasteiger partial charge on any atom is 0.419 e. The zero-order valence-electron chi connectivity index (χ0n) is 21.9. The van der Waals surface area contributed by atoms with Gasteiger partial charge in [0.2, 0.25) is 0 Å². The van der Waals surface area contributed by atoms with Crippen LogP contribution in [0, 0.1) is 11.6 Å². The summed E-state index contributed by atoms with van der Waals surface area (Å²) in [6, 6.07) is 7.24. The molecule has 0 amide bonds. The fourth-order valence-electron chi connectivity index (χ4n) is 4.57. The van der Waals surface area contributed by atoms with Gasteiger partial charge >= 0.3 is 18.3 Å². The zero-order valence-corrected chi connectivity index (χ0v) is 22.7. The molecule has 1 atom stereocenters. The van der Waals surface area contributed by atoms with Crippen LogP contribution in [0.5, 0.6) is 5.75 Å². The van der Waals surface area contributed by atoms with Crippen LogP contribution in [-0.2, 0) is 27.2 Å². The lowest BCUT2D eigenvalue weighted by atomic mass is 9.97. The van der Waals surface area contributed by atoms with E-state index in [4.69, 9.17) is 9.84 Å². The minimum absolute atomic E-state index is 0.0792. The number of aliphatic carboxylic acids is 1. The van der Waals surface area contributed by atoms with Crippen molar-refractivity contribution in [3.63, 3.8) is 0 Å². The smallest absolute Gasteiger partial charge is 0.419 e. The first kappa shape index (κ1) is 31.8. The standard InChI is InChI=1S/C28H21F8NO5S/c1-15(26-19(27(31,32)33)3-2-4-22(26)30)11-16-5-9-24-23(12-16)37(14-17(42-24)6-10-25(38)39)43(40,41)18-7-8-21(29)20(13-18)28(34,35)36/h2-5,7-9,11-13,17H,6,10,14H2,1H3,(H,38,39)/b15-11+/t17-/m0/s1. The minimum atomic E-state index is -5.22. The topological polar surface area (TPSA) is 83.9 Å². The Kier molecular flexibility index (Phi) is 8.51. The van der Waals surface area contributed by atoms with Crippen LogP contribution in [0.25, 0.3) is 11.6 Å². The number of fused-ring (bicyclic) bond motifs is 1. The van der Waals surface area contributed by atoms with Crippen LogP contribution in [0.3, 0.4) is 0 Å². The van der Waals surface area contributed by atoms with E-state index >= 15 is 0 Å². The monoisotopic (exact) mass is 635 g/mol. The molecule has 0 saturated carbocycles. The number of carboxylic acid groups (broad SMARTS) is 1. The van der Waals surface area contributed by atoms with Gasteiger partial charge in [0.15, 0.2) is 0 Å². The largest absolute Gasteiger partial charge is 0.486 e. The van der Waals surface area contributed by atoms with E-state index in [0.29, 0.717) is 22.5 Å². The highest BCUT2D eigenvalue weighted by molar-refractivity contribution is 7.92. The average molecular weight is 636 g/mol. The molecular weight excluding hydrogens is 614 g/mol. The molecule has 0 unspecified atom stereocenters. The van der Waals surface area contributed by atoms with E-state index in [0.717, 1.165) is 24.3 Å². The summed E-state index contributed by atoms with van der Waals surface area (Å²) in [5.41, 5.74) is -4.16. The summed E-state index contributed by atoms with van der Waals surface area (Å²) in [7, 11) is -4.87. The number of carboxylic acids is 1. The molecule has 0 bridgehead atoms. The van der Waals surface area contributed by atoms with Gasteiger partial charge in [0.25, 0.3) is 10.0 Å². The molecule has 0 aliphatic carbocycles. The molecule has 0 spiro atoms. The molecule has 230 valence electrons. The molecule has 0 aromatic heterocycles. The van der Waals surface area contributed by atoms with Gasteiger partial charge in [-0.2, -0.15) is 26.3 Å². The molecule has 1 N–H and O–H groups in total. The van der Waals surface area contributed by atoms with Gasteiger partial charge in [0.1, 0.15) is 23.5 Å². The Labute approximate surface area is 239 Å². The molecule has 0 radical (unpaired) electrons. The van der Waals surface area contributed by atoms with Crippen molar-refractivity contribution in [2.45, 2.75) is 43.1 Å². The van der Waals surface area contributed by atoms with Crippen LogP contribution in [0.4, 0.5) is 40.8 Å². The quantitative estimate of drug-likeness (QED) is 0.216. The second-order valence-electron chi connectivity index (χ2n) is 9.56. The van der Waals surface area contributed by atoms with E-state index in [1.165, 1.54) is 19.1 Å². The summed E-state index contributed by atoms with van der Waals surface area (Å²) in [5.74, 6) is -4.21. The Hall–Kier alpha value is -4.14. The predicted molar refractivity (Wildman–Crippen MR) is 139 cm³/mol. The lowest BCUT2D eigenvalue weighted by Crippen LogP contribution is -2.43. The van der Waals surface area contributed by atoms with E-state index in [-0.39, 0.29) is 35.1 Å². The van der Waals surface area contributed by atoms with Crippen molar-refractivity contribution in [2.24, 2.45) is 0 Å². The number of sulfonamides is 1. The van der Waals surface area contributed by atoms with E-state index < -0.39 is 80.6 Å². The predicted octanol–water partition coefficient (Wildman–Crippen LogP) is 7.38. The van der Waals surface area contributed by atoms with E-state index in [1.807, 2.05) is 0 Å². The summed E-state index contributed by atoms with van der Waals surface area (Å²) in [5, 5.41) is 9.05. The lowest BCUT2D eigenvalue weighted by molar-refractivity contribution is -0.140. The zero-order chi connectivity index (χ0) is 31.9. The van der Waals surface area contributed by atoms with Crippen molar-refractivity contribution >= 4 is 33.3 Å². The summed E-state index contributed by atoms with van der Waals surface area (Å²) < 4.78 is 143. The highest BCUT2D eigenvalue weighted by Gasteiger charge is 2.39. The van der Waals surface area contributed by atoms with Crippen molar-refractivity contribution in [1.29, 1.82) is 0 Å². The Morgan fingerprint density at radius 2 is 1.65 bits per heavy atom. The molecule has 15 heteroatoms. The van der Waals surface area contributed by atoms with Gasteiger partial charge in [-0.05, 0) is 66.9 Å². The molecule has 1 heterocycles. The van der Waals surface area contributed by atoms with Gasteiger partial charge in [-0.1, -0.05) is 18.2 Å². The maximum atomic E-state index is 14.5. The molecule has 3 aromatic rings. The highest BCUT2D eigenvalue weighted by atomic mass is 32.2. The Morgan fingerprint density at radius 1 is 0.977 bits per heavy atom. The molecule has 0 fully saturated rings.